The van der Waals surface area contributed by atoms with Crippen LogP contribution in [-0.4, -0.2) is 32.6 Å². The molecule has 0 fully saturated rings. The van der Waals surface area contributed by atoms with Gasteiger partial charge in [0.05, 0.1) is 19.6 Å². The summed E-state index contributed by atoms with van der Waals surface area (Å²) >= 11 is 0. The van der Waals surface area contributed by atoms with Crippen LogP contribution in [-0.2, 0) is 10.1 Å². The minimum Gasteiger partial charge on any atom is -0.744 e. The van der Waals surface area contributed by atoms with Crippen molar-refractivity contribution in [3.8, 4) is 0 Å². The van der Waals surface area contributed by atoms with E-state index in [9.17, 15) is 13.0 Å². The average Bonchev–Trinajstić information content (AvgIpc) is 2.40. The minimum atomic E-state index is -4.49. The number of hydrogen-bond acceptors (Lipinski definition) is 3. The van der Waals surface area contributed by atoms with Crippen LogP contribution >= 0.6 is 0 Å². The van der Waals surface area contributed by atoms with Crippen molar-refractivity contribution in [3.05, 3.63) is 30.3 Å². The summed E-state index contributed by atoms with van der Waals surface area (Å²) < 4.78 is 35.0. The lowest BCUT2D eigenvalue weighted by molar-refractivity contribution is 0.309. The van der Waals surface area contributed by atoms with Crippen LogP contribution in [0.2, 0.25) is 0 Å². The molecule has 0 aromatic heterocycles. The first-order valence-electron chi connectivity index (χ1n) is 6.44. The zero-order valence-electron chi connectivity index (χ0n) is 11.7. The number of nitrogens with zero attached hydrogens (tertiary/aromatic N) is 1. The monoisotopic (exact) mass is 283 g/mol. The topological polar surface area (TPSA) is 57.2 Å². The van der Waals surface area contributed by atoms with Gasteiger partial charge in [0.25, 0.3) is 0 Å². The summed E-state index contributed by atoms with van der Waals surface area (Å²) in [5.74, 6) is 0. The Morgan fingerprint density at radius 2 is 1.74 bits per heavy atom. The third kappa shape index (κ3) is 2.88. The zero-order valence-corrected chi connectivity index (χ0v) is 12.5. The molecule has 0 amide bonds. The summed E-state index contributed by atoms with van der Waals surface area (Å²) in [6.07, 6.45) is 1.61. The number of rotatable bonds is 6. The summed E-state index contributed by atoms with van der Waals surface area (Å²) in [5.41, 5.74) is 1.28. The molecule has 1 aromatic carbocycles. The van der Waals surface area contributed by atoms with E-state index in [0.29, 0.717) is 15.7 Å². The summed E-state index contributed by atoms with van der Waals surface area (Å²) in [5, 5.41) is 0. The second kappa shape index (κ2) is 5.86. The lowest BCUT2D eigenvalue weighted by Crippen LogP contribution is -2.50. The Bertz CT molecular complexity index is 552. The Kier molecular flexibility index (Phi) is 4.90. The summed E-state index contributed by atoms with van der Waals surface area (Å²) in [4.78, 5) is -0.129. The van der Waals surface area contributed by atoms with Crippen molar-refractivity contribution >= 4 is 21.9 Å². The van der Waals surface area contributed by atoms with Gasteiger partial charge >= 0.3 is 0 Å². The maximum absolute atomic E-state index is 11.5. The van der Waals surface area contributed by atoms with Gasteiger partial charge < -0.3 is 4.55 Å². The molecular weight excluding hydrogens is 262 g/mol. The normalized spacial score (nSPS) is 12.4. The smallest absolute Gasteiger partial charge is 0.157 e. The minimum absolute atomic E-state index is 0.129. The van der Waals surface area contributed by atoms with Gasteiger partial charge in [-0.2, -0.15) is 0 Å². The lowest BCUT2D eigenvalue weighted by Gasteiger charge is -2.38. The van der Waals surface area contributed by atoms with Crippen molar-refractivity contribution in [2.45, 2.75) is 25.7 Å². The maximum atomic E-state index is 11.5. The third-order valence-corrected chi connectivity index (χ3v) is 4.68. The fourth-order valence-electron chi connectivity index (χ4n) is 2.56. The van der Waals surface area contributed by atoms with Gasteiger partial charge in [-0.3, -0.25) is 4.48 Å². The molecule has 0 spiro atoms. The Morgan fingerprint density at radius 1 is 1.21 bits per heavy atom. The number of hydrogen-bond donors (Lipinski definition) is 0. The molecule has 19 heavy (non-hydrogen) atoms. The molecule has 0 heterocycles. The van der Waals surface area contributed by atoms with Crippen molar-refractivity contribution in [3.63, 3.8) is 0 Å². The number of para-hydroxylation sites is 1. The van der Waals surface area contributed by atoms with E-state index in [1.54, 1.807) is 18.2 Å². The number of quaternary nitrogens is 1. The van der Waals surface area contributed by atoms with Gasteiger partial charge in [0.15, 0.2) is 5.69 Å². The highest BCUT2D eigenvalue weighted by molar-refractivity contribution is 7.86. The van der Waals surface area contributed by atoms with E-state index in [-0.39, 0.29) is 4.90 Å². The highest BCUT2D eigenvalue weighted by Crippen LogP contribution is 2.35. The average molecular weight is 283 g/mol. The van der Waals surface area contributed by atoms with Crippen LogP contribution in [0, 0.1) is 0 Å². The highest BCUT2D eigenvalue weighted by Gasteiger charge is 2.31. The molecule has 0 radical (unpaired) electrons. The van der Waals surface area contributed by atoms with Gasteiger partial charge in [0.1, 0.15) is 15.0 Å². The first-order chi connectivity index (χ1) is 8.86. The highest BCUT2D eigenvalue weighted by atomic mass is 32.2. The lowest BCUT2D eigenvalue weighted by atomic mass is 10.1. The van der Waals surface area contributed by atoms with Crippen LogP contribution < -0.4 is 4.48 Å². The summed E-state index contributed by atoms with van der Waals surface area (Å²) in [6, 6.07) is 4.77. The van der Waals surface area contributed by atoms with Gasteiger partial charge in [-0.15, -0.1) is 0 Å². The first-order valence-corrected chi connectivity index (χ1v) is 7.85. The molecule has 0 unspecified atom stereocenters. The van der Waals surface area contributed by atoms with Gasteiger partial charge in [0.2, 0.25) is 0 Å². The summed E-state index contributed by atoms with van der Waals surface area (Å²) in [6.45, 7) is 11.9. The largest absolute Gasteiger partial charge is 0.744 e. The molecular formula is C14H21NO3S. The predicted molar refractivity (Wildman–Crippen MR) is 77.9 cm³/mol. The molecule has 1 aromatic rings. The third-order valence-electron chi connectivity index (χ3n) is 3.81. The second-order valence-electron chi connectivity index (χ2n) is 4.45. The van der Waals surface area contributed by atoms with E-state index >= 15 is 0 Å². The van der Waals surface area contributed by atoms with Crippen LogP contribution in [0.15, 0.2) is 29.7 Å². The Balaban J connectivity index is 3.77. The van der Waals surface area contributed by atoms with E-state index in [0.717, 1.165) is 19.6 Å². The molecule has 106 valence electrons. The fourth-order valence-corrected chi connectivity index (χ4v) is 3.35. The standard InChI is InChI=1S/C14H21NO3S/c1-5-12-10-9-11-13(19(16,17)18)14(12)15(6-2,7-3)8-4/h5,9-11H,1,6-8H2,2-4H3. The second-order valence-corrected chi connectivity index (χ2v) is 5.79. The van der Waals surface area contributed by atoms with Gasteiger partial charge in [0, 0.05) is 5.56 Å². The Morgan fingerprint density at radius 3 is 2.11 bits per heavy atom. The van der Waals surface area contributed by atoms with Crippen LogP contribution in [0.3, 0.4) is 0 Å². The molecule has 4 nitrogen and oxygen atoms in total. The molecule has 0 atom stereocenters. The maximum Gasteiger partial charge on any atom is 0.157 e. The molecule has 0 aliphatic rings. The van der Waals surface area contributed by atoms with E-state index in [1.807, 2.05) is 20.8 Å². The van der Waals surface area contributed by atoms with E-state index in [4.69, 9.17) is 0 Å². The molecule has 0 saturated heterocycles. The van der Waals surface area contributed by atoms with Crippen LogP contribution in [0.25, 0.3) is 6.08 Å². The van der Waals surface area contributed by atoms with Crippen molar-refractivity contribution in [1.82, 2.24) is 4.48 Å². The van der Waals surface area contributed by atoms with Crippen LogP contribution in [0.5, 0.6) is 0 Å². The van der Waals surface area contributed by atoms with E-state index in [1.165, 1.54) is 6.07 Å². The van der Waals surface area contributed by atoms with Crippen molar-refractivity contribution in [1.29, 1.82) is 0 Å². The Labute approximate surface area is 115 Å². The molecule has 0 saturated carbocycles. The van der Waals surface area contributed by atoms with E-state index in [2.05, 4.69) is 6.58 Å². The van der Waals surface area contributed by atoms with Crippen molar-refractivity contribution in [2.75, 3.05) is 19.6 Å². The van der Waals surface area contributed by atoms with Crippen LogP contribution in [0.1, 0.15) is 26.3 Å². The zero-order chi connectivity index (χ0) is 14.7. The first kappa shape index (κ1) is 15.9. The SMILES string of the molecule is C=Cc1cccc(S(=O)(=O)[O-])c1[N+](CC)(CC)CC. The van der Waals surface area contributed by atoms with Crippen LogP contribution in [0.4, 0.5) is 5.69 Å². The number of benzene rings is 1. The Hall–Kier alpha value is -1.17. The van der Waals surface area contributed by atoms with Gasteiger partial charge in [-0.1, -0.05) is 18.7 Å². The van der Waals surface area contributed by atoms with Crippen molar-refractivity contribution in [2.24, 2.45) is 0 Å². The molecule has 0 N–H and O–H groups in total. The van der Waals surface area contributed by atoms with E-state index < -0.39 is 10.1 Å². The molecule has 0 bridgehead atoms. The van der Waals surface area contributed by atoms with Gasteiger partial charge in [-0.25, -0.2) is 8.42 Å². The predicted octanol–water partition coefficient (Wildman–Crippen LogP) is 2.60. The molecule has 0 aliphatic carbocycles. The van der Waals surface area contributed by atoms with Crippen molar-refractivity contribution < 1.29 is 13.0 Å². The molecule has 0 aliphatic heterocycles. The molecule has 1 rings (SSSR count). The summed E-state index contributed by atoms with van der Waals surface area (Å²) in [7, 11) is -4.49. The fraction of sp³-hybridized carbons (Fsp3) is 0.429. The molecule has 5 heteroatoms. The van der Waals surface area contributed by atoms with Gasteiger partial charge in [-0.05, 0) is 32.9 Å². The quantitative estimate of drug-likeness (QED) is 0.595.